The van der Waals surface area contributed by atoms with Crippen molar-refractivity contribution in [2.24, 2.45) is 0 Å². The van der Waals surface area contributed by atoms with Gasteiger partial charge in [-0.2, -0.15) is 0 Å². The van der Waals surface area contributed by atoms with E-state index in [9.17, 15) is 8.76 Å². The zero-order valence-corrected chi connectivity index (χ0v) is 8.84. The van der Waals surface area contributed by atoms with Crippen LogP contribution in [-0.2, 0) is 11.4 Å². The van der Waals surface area contributed by atoms with Crippen LogP contribution in [0.3, 0.4) is 0 Å². The van der Waals surface area contributed by atoms with Crippen LogP contribution >= 0.6 is 0 Å². The van der Waals surface area contributed by atoms with Crippen molar-refractivity contribution in [3.05, 3.63) is 30.3 Å². The molecule has 0 heterocycles. The average Bonchev–Trinajstić information content (AvgIpc) is 1.88. The summed E-state index contributed by atoms with van der Waals surface area (Å²) in [6.07, 6.45) is 0. The fraction of sp³-hybridized carbons (Fsp3) is 0. The second kappa shape index (κ2) is 5.74. The molecule has 5 heteroatoms. The van der Waals surface area contributed by atoms with Crippen molar-refractivity contribution in [2.75, 3.05) is 0 Å². The summed E-state index contributed by atoms with van der Waals surface area (Å²) in [5.41, 5.74) is 0. The molecule has 0 fully saturated rings. The van der Waals surface area contributed by atoms with Gasteiger partial charge >= 0.3 is 29.6 Å². The molecule has 0 aliphatic heterocycles. The Bertz CT molecular complexity index is 231. The Hall–Kier alpha value is 0.130. The number of benzene rings is 1. The van der Waals surface area contributed by atoms with E-state index in [1.165, 1.54) is 0 Å². The first-order valence-electron chi connectivity index (χ1n) is 2.61. The van der Waals surface area contributed by atoms with Crippen molar-refractivity contribution in [3.8, 4) is 5.75 Å². The third-order valence-corrected chi connectivity index (χ3v) is 1.24. The van der Waals surface area contributed by atoms with Gasteiger partial charge in [-0.05, 0) is 12.1 Å². The van der Waals surface area contributed by atoms with Gasteiger partial charge in [0.05, 0.1) is 0 Å². The van der Waals surface area contributed by atoms with E-state index in [0.29, 0.717) is 5.75 Å². The molecule has 0 aromatic heterocycles. The minimum absolute atomic E-state index is 0. The van der Waals surface area contributed by atoms with Gasteiger partial charge in [-0.3, -0.25) is 0 Å². The van der Waals surface area contributed by atoms with Gasteiger partial charge < -0.3 is 10.2 Å². The van der Waals surface area contributed by atoms with Crippen LogP contribution in [0.1, 0.15) is 1.43 Å². The van der Waals surface area contributed by atoms with E-state index in [1.807, 2.05) is 0 Å². The third kappa shape index (κ3) is 4.55. The van der Waals surface area contributed by atoms with Crippen molar-refractivity contribution in [3.63, 3.8) is 0 Å². The molecule has 3 nitrogen and oxygen atoms in total. The Labute approximate surface area is 91.0 Å². The van der Waals surface area contributed by atoms with Crippen LogP contribution in [0.5, 0.6) is 5.75 Å². The molecule has 1 aromatic carbocycles. The van der Waals surface area contributed by atoms with Crippen molar-refractivity contribution < 1.29 is 43.9 Å². The van der Waals surface area contributed by atoms with Crippen LogP contribution in [0.15, 0.2) is 30.3 Å². The molecule has 11 heavy (non-hydrogen) atoms. The number of para-hydroxylation sites is 1. The summed E-state index contributed by atoms with van der Waals surface area (Å²) in [7, 11) is 0. The van der Waals surface area contributed by atoms with E-state index in [2.05, 4.69) is 4.18 Å². The van der Waals surface area contributed by atoms with Crippen LogP contribution in [0, 0.1) is 0 Å². The second-order valence-corrected chi connectivity index (χ2v) is 2.18. The van der Waals surface area contributed by atoms with E-state index < -0.39 is 11.4 Å². The Morgan fingerprint density at radius 2 is 1.91 bits per heavy atom. The molecule has 0 aliphatic rings. The Morgan fingerprint density at radius 3 is 2.36 bits per heavy atom. The minimum atomic E-state index is -2.47. The normalized spacial score (nSPS) is 11.4. The summed E-state index contributed by atoms with van der Waals surface area (Å²) in [4.78, 5) is 0. The Kier molecular flexibility index (Phi) is 5.81. The third-order valence-electron chi connectivity index (χ3n) is 0.907. The summed E-state index contributed by atoms with van der Waals surface area (Å²) in [5, 5.41) is 0. The maximum absolute atomic E-state index is 9.95. The zero-order chi connectivity index (χ0) is 7.40. The number of hydrogen-bond acceptors (Lipinski definition) is 3. The van der Waals surface area contributed by atoms with Gasteiger partial charge in [-0.1, -0.05) is 18.2 Å². The smallest absolute Gasteiger partial charge is 1.00 e. The molecule has 0 saturated carbocycles. The fourth-order valence-electron chi connectivity index (χ4n) is 0.555. The summed E-state index contributed by atoms with van der Waals surface area (Å²) < 4.78 is 24.2. The molecule has 1 unspecified atom stereocenters. The molecule has 0 amide bonds. The van der Waals surface area contributed by atoms with Crippen molar-refractivity contribution in [2.45, 2.75) is 0 Å². The first kappa shape index (κ1) is 11.1. The van der Waals surface area contributed by atoms with Crippen LogP contribution in [0.25, 0.3) is 0 Å². The van der Waals surface area contributed by atoms with Gasteiger partial charge in [-0.15, -0.1) is 0 Å². The molecular formula is C6H6NaO3S-. The van der Waals surface area contributed by atoms with E-state index in [1.54, 1.807) is 30.3 Å². The van der Waals surface area contributed by atoms with Gasteiger partial charge in [0.1, 0.15) is 17.1 Å². The summed E-state index contributed by atoms with van der Waals surface area (Å²) >= 11 is -2.47. The first-order chi connectivity index (χ1) is 4.79. The summed E-state index contributed by atoms with van der Waals surface area (Å²) in [6, 6.07) is 8.30. The maximum Gasteiger partial charge on any atom is 1.00 e. The molecule has 0 aliphatic carbocycles. The molecule has 0 saturated heterocycles. The fourth-order valence-corrected chi connectivity index (χ4v) is 0.823. The first-order valence-corrected chi connectivity index (χ1v) is 3.61. The van der Waals surface area contributed by atoms with Crippen molar-refractivity contribution in [1.29, 1.82) is 0 Å². The van der Waals surface area contributed by atoms with Gasteiger partial charge in [0, 0.05) is 0 Å². The zero-order valence-electron chi connectivity index (χ0n) is 7.02. The van der Waals surface area contributed by atoms with Crippen LogP contribution in [0.2, 0.25) is 0 Å². The average molecular weight is 181 g/mol. The molecule has 1 rings (SSSR count). The standard InChI is InChI=1S/C6H6O3S.Na.H/c7-10(8)9-6-4-2-1-3-5-6;;/h1-5H,(H,7,8);;/q;+1;-1/p-1. The molecule has 56 valence electrons. The largest absolute Gasteiger partial charge is 1.00 e. The molecule has 0 spiro atoms. The number of hydrogen-bond donors (Lipinski definition) is 0. The van der Waals surface area contributed by atoms with E-state index >= 15 is 0 Å². The molecule has 0 bridgehead atoms. The van der Waals surface area contributed by atoms with Crippen molar-refractivity contribution in [1.82, 2.24) is 0 Å². The molecular weight excluding hydrogens is 175 g/mol. The quantitative estimate of drug-likeness (QED) is 0.391. The number of rotatable bonds is 2. The van der Waals surface area contributed by atoms with E-state index in [-0.39, 0.29) is 31.0 Å². The van der Waals surface area contributed by atoms with Gasteiger partial charge in [0.25, 0.3) is 0 Å². The minimum Gasteiger partial charge on any atom is -1.00 e. The Morgan fingerprint density at radius 1 is 1.36 bits per heavy atom. The van der Waals surface area contributed by atoms with Crippen LogP contribution < -0.4 is 33.7 Å². The molecule has 0 N–H and O–H groups in total. The van der Waals surface area contributed by atoms with Gasteiger partial charge in [-0.25, -0.2) is 4.21 Å². The molecule has 1 aromatic rings. The predicted octanol–water partition coefficient (Wildman–Crippen LogP) is -2.02. The SMILES string of the molecule is O=S([O-])Oc1ccccc1.[H-].[Na+]. The van der Waals surface area contributed by atoms with E-state index in [0.717, 1.165) is 0 Å². The van der Waals surface area contributed by atoms with Gasteiger partial charge in [0.15, 0.2) is 0 Å². The monoisotopic (exact) mass is 181 g/mol. The van der Waals surface area contributed by atoms with Crippen LogP contribution in [-0.4, -0.2) is 8.76 Å². The maximum atomic E-state index is 9.95. The summed E-state index contributed by atoms with van der Waals surface area (Å²) in [6.45, 7) is 0. The predicted molar refractivity (Wildman–Crippen MR) is 37.1 cm³/mol. The van der Waals surface area contributed by atoms with Crippen LogP contribution in [0.4, 0.5) is 0 Å². The van der Waals surface area contributed by atoms with Crippen molar-refractivity contribution >= 4 is 11.4 Å². The van der Waals surface area contributed by atoms with Gasteiger partial charge in [0.2, 0.25) is 0 Å². The second-order valence-electron chi connectivity index (χ2n) is 1.60. The Balaban J connectivity index is 0. The molecule has 1 atom stereocenters. The summed E-state index contributed by atoms with van der Waals surface area (Å²) in [5.74, 6) is 0.329. The topological polar surface area (TPSA) is 49.4 Å². The van der Waals surface area contributed by atoms with E-state index in [4.69, 9.17) is 0 Å². The molecule has 0 radical (unpaired) electrons.